The van der Waals surface area contributed by atoms with Crippen LogP contribution in [0.4, 0.5) is 0 Å². The standard InChI is InChI=1S/C9H18NOP/c1-5-7(3)10(12)8(4)6(2)9(5)11/h5-8H,12H2,1-4H3. The molecule has 0 amide bonds. The predicted molar refractivity (Wildman–Crippen MR) is 53.8 cm³/mol. The number of nitrogens with zero attached hydrogens (tertiary/aromatic N) is 1. The van der Waals surface area contributed by atoms with E-state index in [1.165, 1.54) is 0 Å². The fourth-order valence-electron chi connectivity index (χ4n) is 1.78. The van der Waals surface area contributed by atoms with Gasteiger partial charge < -0.3 is 0 Å². The second-order valence-corrected chi connectivity index (χ2v) is 4.50. The van der Waals surface area contributed by atoms with Crippen LogP contribution in [0.3, 0.4) is 0 Å². The van der Waals surface area contributed by atoms with Gasteiger partial charge in [0.2, 0.25) is 0 Å². The second-order valence-electron chi connectivity index (χ2n) is 3.91. The summed E-state index contributed by atoms with van der Waals surface area (Å²) in [5, 5.41) is 0. The molecule has 1 aliphatic rings. The molecule has 0 saturated carbocycles. The molecule has 1 rings (SSSR count). The molecule has 0 aromatic rings. The van der Waals surface area contributed by atoms with Gasteiger partial charge in [0, 0.05) is 23.9 Å². The van der Waals surface area contributed by atoms with Crippen LogP contribution in [-0.4, -0.2) is 22.5 Å². The Hall–Kier alpha value is 0.0600. The highest BCUT2D eigenvalue weighted by atomic mass is 31.0. The number of rotatable bonds is 0. The Bertz CT molecular complexity index is 177. The van der Waals surface area contributed by atoms with Gasteiger partial charge in [-0.05, 0) is 13.8 Å². The summed E-state index contributed by atoms with van der Waals surface area (Å²) in [4.78, 5) is 11.7. The average Bonchev–Trinajstić information content (AvgIpc) is 2.08. The minimum absolute atomic E-state index is 0.175. The zero-order chi connectivity index (χ0) is 9.46. The van der Waals surface area contributed by atoms with Gasteiger partial charge in [-0.2, -0.15) is 0 Å². The van der Waals surface area contributed by atoms with E-state index in [9.17, 15) is 4.79 Å². The van der Waals surface area contributed by atoms with Crippen LogP contribution in [0, 0.1) is 11.8 Å². The Kier molecular flexibility index (Phi) is 2.90. The van der Waals surface area contributed by atoms with Crippen LogP contribution in [0.1, 0.15) is 27.7 Å². The number of Topliss-reactive ketones (excluding diaryl/α,β-unsaturated/α-hetero) is 1. The zero-order valence-electron chi connectivity index (χ0n) is 8.24. The maximum atomic E-state index is 11.7. The molecule has 70 valence electrons. The molecular formula is C9H18NOP. The van der Waals surface area contributed by atoms with Crippen LogP contribution in [-0.2, 0) is 4.79 Å². The van der Waals surface area contributed by atoms with E-state index in [-0.39, 0.29) is 11.8 Å². The maximum absolute atomic E-state index is 11.7. The van der Waals surface area contributed by atoms with E-state index in [4.69, 9.17) is 0 Å². The SMILES string of the molecule is CC1C(=O)C(C)C(C)N(P)C1C. The Balaban J connectivity index is 2.83. The lowest BCUT2D eigenvalue weighted by atomic mass is 9.82. The van der Waals surface area contributed by atoms with Gasteiger partial charge in [-0.3, -0.25) is 9.46 Å². The summed E-state index contributed by atoms with van der Waals surface area (Å²) in [7, 11) is 2.73. The van der Waals surface area contributed by atoms with Crippen molar-refractivity contribution in [1.82, 2.24) is 4.67 Å². The van der Waals surface area contributed by atoms with E-state index in [0.717, 1.165) is 0 Å². The van der Waals surface area contributed by atoms with E-state index >= 15 is 0 Å². The largest absolute Gasteiger partial charge is 0.299 e. The van der Waals surface area contributed by atoms with E-state index in [1.807, 2.05) is 13.8 Å². The summed E-state index contributed by atoms with van der Waals surface area (Å²) >= 11 is 0. The molecule has 1 fully saturated rings. The lowest BCUT2D eigenvalue weighted by Gasteiger charge is -2.42. The number of hydrogen-bond acceptors (Lipinski definition) is 2. The van der Waals surface area contributed by atoms with Gasteiger partial charge >= 0.3 is 0 Å². The number of ketones is 1. The monoisotopic (exact) mass is 187 g/mol. The molecule has 0 spiro atoms. The first-order valence-electron chi connectivity index (χ1n) is 4.53. The molecule has 12 heavy (non-hydrogen) atoms. The Morgan fingerprint density at radius 2 is 1.42 bits per heavy atom. The smallest absolute Gasteiger partial charge is 0.141 e. The molecule has 0 radical (unpaired) electrons. The molecule has 1 heterocycles. The molecular weight excluding hydrogens is 169 g/mol. The fraction of sp³-hybridized carbons (Fsp3) is 0.889. The van der Waals surface area contributed by atoms with Crippen molar-refractivity contribution in [1.29, 1.82) is 0 Å². The third-order valence-electron chi connectivity index (χ3n) is 3.29. The van der Waals surface area contributed by atoms with Gasteiger partial charge in [-0.25, -0.2) is 0 Å². The van der Waals surface area contributed by atoms with Crippen LogP contribution in [0.2, 0.25) is 0 Å². The number of hydrogen-bond donors (Lipinski definition) is 0. The van der Waals surface area contributed by atoms with Gasteiger partial charge in [0.25, 0.3) is 0 Å². The summed E-state index contributed by atoms with van der Waals surface area (Å²) in [6.45, 7) is 8.26. The third-order valence-corrected chi connectivity index (χ3v) is 4.23. The van der Waals surface area contributed by atoms with Gasteiger partial charge in [0.05, 0.1) is 0 Å². The van der Waals surface area contributed by atoms with Crippen molar-refractivity contribution in [2.24, 2.45) is 11.8 Å². The first kappa shape index (κ1) is 10.1. The number of piperidine rings is 1. The summed E-state index contributed by atoms with van der Waals surface area (Å²) in [5.74, 6) is 0.760. The highest BCUT2D eigenvalue weighted by molar-refractivity contribution is 7.13. The van der Waals surface area contributed by atoms with Crippen molar-refractivity contribution in [3.05, 3.63) is 0 Å². The molecule has 0 aromatic carbocycles. The van der Waals surface area contributed by atoms with Crippen molar-refractivity contribution in [3.63, 3.8) is 0 Å². The molecule has 0 aromatic heterocycles. The van der Waals surface area contributed by atoms with Crippen molar-refractivity contribution in [3.8, 4) is 0 Å². The van der Waals surface area contributed by atoms with E-state index in [2.05, 4.69) is 27.9 Å². The van der Waals surface area contributed by atoms with Gasteiger partial charge in [-0.15, -0.1) is 0 Å². The molecule has 0 aliphatic carbocycles. The molecule has 5 atom stereocenters. The molecule has 1 aliphatic heterocycles. The first-order chi connectivity index (χ1) is 5.46. The minimum atomic E-state index is 0.175. The highest BCUT2D eigenvalue weighted by Gasteiger charge is 2.38. The zero-order valence-corrected chi connectivity index (χ0v) is 9.40. The molecule has 0 N–H and O–H groups in total. The molecule has 1 saturated heterocycles. The molecule has 5 unspecified atom stereocenters. The summed E-state index contributed by atoms with van der Waals surface area (Å²) in [6, 6.07) is 0.711. The van der Waals surface area contributed by atoms with Gasteiger partial charge in [0.15, 0.2) is 0 Å². The Morgan fingerprint density at radius 3 is 1.75 bits per heavy atom. The molecule has 2 nitrogen and oxygen atoms in total. The predicted octanol–water partition coefficient (Wildman–Crippen LogP) is 1.71. The second kappa shape index (κ2) is 3.43. The maximum Gasteiger partial charge on any atom is 0.141 e. The van der Waals surface area contributed by atoms with Crippen LogP contribution >= 0.6 is 9.39 Å². The van der Waals surface area contributed by atoms with E-state index in [1.54, 1.807) is 0 Å². The topological polar surface area (TPSA) is 20.3 Å². The summed E-state index contributed by atoms with van der Waals surface area (Å²) < 4.78 is 2.22. The molecule has 3 heteroatoms. The molecule has 0 bridgehead atoms. The van der Waals surface area contributed by atoms with Crippen molar-refractivity contribution in [2.45, 2.75) is 39.8 Å². The van der Waals surface area contributed by atoms with Crippen LogP contribution in [0.15, 0.2) is 0 Å². The highest BCUT2D eigenvalue weighted by Crippen LogP contribution is 2.31. The van der Waals surface area contributed by atoms with Crippen LogP contribution in [0.5, 0.6) is 0 Å². The van der Waals surface area contributed by atoms with Crippen molar-refractivity contribution >= 4 is 15.2 Å². The summed E-state index contributed by atoms with van der Waals surface area (Å²) in [5.41, 5.74) is 0. The van der Waals surface area contributed by atoms with Crippen LogP contribution < -0.4 is 0 Å². The normalized spacial score (nSPS) is 44.9. The number of carbonyl (C=O) groups is 1. The Morgan fingerprint density at radius 1 is 1.08 bits per heavy atom. The number of carbonyl (C=O) groups excluding carboxylic acids is 1. The van der Waals surface area contributed by atoms with Gasteiger partial charge in [0.1, 0.15) is 5.78 Å². The minimum Gasteiger partial charge on any atom is -0.299 e. The Labute approximate surface area is 77.0 Å². The first-order valence-corrected chi connectivity index (χ1v) is 5.05. The van der Waals surface area contributed by atoms with Crippen LogP contribution in [0.25, 0.3) is 0 Å². The lowest BCUT2D eigenvalue weighted by molar-refractivity contribution is -0.132. The average molecular weight is 187 g/mol. The van der Waals surface area contributed by atoms with Crippen molar-refractivity contribution < 1.29 is 4.79 Å². The van der Waals surface area contributed by atoms with Gasteiger partial charge in [-0.1, -0.05) is 23.2 Å². The van der Waals surface area contributed by atoms with E-state index < -0.39 is 0 Å². The lowest BCUT2D eigenvalue weighted by Crippen LogP contribution is -2.51. The fourth-order valence-corrected chi connectivity index (χ4v) is 2.29. The quantitative estimate of drug-likeness (QED) is 0.538. The summed E-state index contributed by atoms with van der Waals surface area (Å²) in [6.07, 6.45) is 0. The third kappa shape index (κ3) is 1.43. The van der Waals surface area contributed by atoms with E-state index in [0.29, 0.717) is 17.9 Å². The van der Waals surface area contributed by atoms with Crippen molar-refractivity contribution in [2.75, 3.05) is 0 Å².